The number of thiophene rings is 2. The fraction of sp³-hybridized carbons (Fsp3) is 0.217. The van der Waals surface area contributed by atoms with Crippen LogP contribution in [-0.2, 0) is 13.0 Å². The summed E-state index contributed by atoms with van der Waals surface area (Å²) in [5, 5.41) is 14.4. The van der Waals surface area contributed by atoms with Crippen molar-refractivity contribution in [3.05, 3.63) is 79.8 Å². The highest BCUT2D eigenvalue weighted by atomic mass is 35.5. The Morgan fingerprint density at radius 1 is 1.21 bits per heavy atom. The van der Waals surface area contributed by atoms with Crippen molar-refractivity contribution in [3.63, 3.8) is 0 Å². The van der Waals surface area contributed by atoms with Crippen LogP contribution in [0.4, 0.5) is 0 Å². The maximum Gasteiger partial charge on any atom is 0.160 e. The largest absolute Gasteiger partial charge is 0.504 e. The lowest BCUT2D eigenvalue weighted by Crippen LogP contribution is -2.35. The number of hydrogen-bond acceptors (Lipinski definition) is 5. The van der Waals surface area contributed by atoms with Gasteiger partial charge in [-0.1, -0.05) is 35.9 Å². The van der Waals surface area contributed by atoms with E-state index in [1.54, 1.807) is 29.8 Å². The van der Waals surface area contributed by atoms with Crippen LogP contribution in [0.15, 0.2) is 53.9 Å². The number of phenols is 1. The van der Waals surface area contributed by atoms with Gasteiger partial charge in [-0.2, -0.15) is 0 Å². The molecule has 0 saturated carbocycles. The van der Waals surface area contributed by atoms with E-state index < -0.39 is 0 Å². The van der Waals surface area contributed by atoms with Crippen molar-refractivity contribution in [1.82, 2.24) is 4.90 Å². The fourth-order valence-electron chi connectivity index (χ4n) is 4.15. The van der Waals surface area contributed by atoms with Gasteiger partial charge in [0, 0.05) is 32.9 Å². The van der Waals surface area contributed by atoms with Crippen molar-refractivity contribution >= 4 is 44.4 Å². The first-order valence-electron chi connectivity index (χ1n) is 9.49. The van der Waals surface area contributed by atoms with Crippen molar-refractivity contribution in [2.75, 3.05) is 13.7 Å². The van der Waals surface area contributed by atoms with E-state index in [0.717, 1.165) is 29.9 Å². The van der Waals surface area contributed by atoms with Crippen LogP contribution in [0.1, 0.15) is 26.9 Å². The molecule has 1 unspecified atom stereocenters. The van der Waals surface area contributed by atoms with Crippen LogP contribution in [0, 0.1) is 0 Å². The van der Waals surface area contributed by atoms with E-state index in [4.69, 9.17) is 16.3 Å². The first-order chi connectivity index (χ1) is 14.2. The first-order valence-corrected chi connectivity index (χ1v) is 11.6. The van der Waals surface area contributed by atoms with Crippen LogP contribution in [0.3, 0.4) is 0 Å². The zero-order chi connectivity index (χ0) is 20.0. The van der Waals surface area contributed by atoms with Gasteiger partial charge in [0.25, 0.3) is 0 Å². The third-order valence-electron chi connectivity index (χ3n) is 5.53. The second-order valence-electron chi connectivity index (χ2n) is 7.20. The van der Waals surface area contributed by atoms with E-state index in [-0.39, 0.29) is 11.8 Å². The van der Waals surface area contributed by atoms with Crippen LogP contribution in [0.2, 0.25) is 5.02 Å². The van der Waals surface area contributed by atoms with Crippen LogP contribution in [0.5, 0.6) is 11.5 Å². The number of halogens is 1. The van der Waals surface area contributed by atoms with Gasteiger partial charge in [0.05, 0.1) is 18.2 Å². The number of methoxy groups -OCH3 is 1. The number of ether oxygens (including phenoxy) is 1. The minimum Gasteiger partial charge on any atom is -0.504 e. The van der Waals surface area contributed by atoms with E-state index in [1.165, 1.54) is 25.6 Å². The molecule has 0 spiro atoms. The lowest BCUT2D eigenvalue weighted by molar-refractivity contribution is 0.208. The smallest absolute Gasteiger partial charge is 0.160 e. The van der Waals surface area contributed by atoms with Gasteiger partial charge >= 0.3 is 0 Å². The Morgan fingerprint density at radius 2 is 2.07 bits per heavy atom. The summed E-state index contributed by atoms with van der Waals surface area (Å²) in [5.41, 5.74) is 2.38. The van der Waals surface area contributed by atoms with Crippen molar-refractivity contribution in [1.29, 1.82) is 0 Å². The second-order valence-corrected chi connectivity index (χ2v) is 9.69. The van der Waals surface area contributed by atoms with E-state index in [9.17, 15) is 5.11 Å². The van der Waals surface area contributed by atoms with Crippen LogP contribution in [0.25, 0.3) is 10.1 Å². The summed E-state index contributed by atoms with van der Waals surface area (Å²) in [7, 11) is 1.60. The Labute approximate surface area is 182 Å². The zero-order valence-corrected chi connectivity index (χ0v) is 18.3. The van der Waals surface area contributed by atoms with Gasteiger partial charge in [-0.05, 0) is 47.2 Å². The van der Waals surface area contributed by atoms with Gasteiger partial charge < -0.3 is 9.84 Å². The Balaban J connectivity index is 1.58. The third kappa shape index (κ3) is 3.32. The van der Waals surface area contributed by atoms with Gasteiger partial charge in [0.2, 0.25) is 0 Å². The molecule has 3 heterocycles. The molecule has 0 aliphatic carbocycles. The predicted molar refractivity (Wildman–Crippen MR) is 122 cm³/mol. The molecule has 1 N–H and O–H groups in total. The van der Waals surface area contributed by atoms with Crippen molar-refractivity contribution < 1.29 is 9.84 Å². The highest BCUT2D eigenvalue weighted by molar-refractivity contribution is 7.19. The molecule has 0 fully saturated rings. The van der Waals surface area contributed by atoms with Crippen LogP contribution >= 0.6 is 34.3 Å². The lowest BCUT2D eigenvalue weighted by atomic mass is 9.91. The summed E-state index contributed by atoms with van der Waals surface area (Å²) in [4.78, 5) is 4.97. The molecule has 6 heteroatoms. The Hall–Kier alpha value is -2.05. The molecule has 0 radical (unpaired) electrons. The number of nitrogens with zero attached hydrogens (tertiary/aromatic N) is 1. The highest BCUT2D eigenvalue weighted by Crippen LogP contribution is 2.44. The van der Waals surface area contributed by atoms with Gasteiger partial charge in [0.1, 0.15) is 0 Å². The zero-order valence-electron chi connectivity index (χ0n) is 15.9. The summed E-state index contributed by atoms with van der Waals surface area (Å²) >= 11 is 10.3. The molecule has 1 aliphatic heterocycles. The maximum atomic E-state index is 10.2. The monoisotopic (exact) mass is 441 g/mol. The molecule has 0 amide bonds. The number of phenolic OH excluding ortho intramolecular Hbond substituents is 1. The molecule has 4 aromatic rings. The quantitative estimate of drug-likeness (QED) is 0.393. The van der Waals surface area contributed by atoms with Crippen LogP contribution < -0.4 is 4.74 Å². The number of hydrogen-bond donors (Lipinski definition) is 1. The average molecular weight is 442 g/mol. The lowest BCUT2D eigenvalue weighted by Gasteiger charge is -2.37. The number of benzene rings is 2. The molecular formula is C23H20ClNO2S2. The molecular weight excluding hydrogens is 422 g/mol. The molecule has 1 aliphatic rings. The summed E-state index contributed by atoms with van der Waals surface area (Å²) in [6.45, 7) is 1.70. The van der Waals surface area contributed by atoms with E-state index in [1.807, 2.05) is 18.2 Å². The highest BCUT2D eigenvalue weighted by Gasteiger charge is 2.31. The molecule has 1 atom stereocenters. The molecule has 2 aromatic carbocycles. The Kier molecular flexibility index (Phi) is 5.00. The summed E-state index contributed by atoms with van der Waals surface area (Å²) in [6.07, 6.45) is 0.886. The van der Waals surface area contributed by atoms with Gasteiger partial charge in [-0.25, -0.2) is 0 Å². The van der Waals surface area contributed by atoms with Crippen molar-refractivity contribution in [2.45, 2.75) is 19.0 Å². The average Bonchev–Trinajstić information content (AvgIpc) is 3.36. The van der Waals surface area contributed by atoms with E-state index >= 15 is 0 Å². The summed E-state index contributed by atoms with van der Waals surface area (Å²) < 4.78 is 6.63. The molecule has 0 bridgehead atoms. The number of fused-ring (bicyclic) bond motifs is 2. The van der Waals surface area contributed by atoms with E-state index in [0.29, 0.717) is 5.75 Å². The van der Waals surface area contributed by atoms with Gasteiger partial charge in [-0.15, -0.1) is 22.7 Å². The minimum absolute atomic E-state index is 0.120. The number of aromatic hydroxyl groups is 1. The van der Waals surface area contributed by atoms with Gasteiger partial charge in [-0.3, -0.25) is 4.90 Å². The molecule has 148 valence electrons. The SMILES string of the molecule is COc1cc2c(cc1O)CCN(Cc1sc3ccccc3c1Cl)C2c1cccs1. The maximum absolute atomic E-state index is 10.2. The Bertz CT molecular complexity index is 1170. The minimum atomic E-state index is 0.120. The summed E-state index contributed by atoms with van der Waals surface area (Å²) in [5.74, 6) is 0.726. The predicted octanol–water partition coefficient (Wildman–Crippen LogP) is 6.48. The summed E-state index contributed by atoms with van der Waals surface area (Å²) in [6, 6.07) is 16.6. The topological polar surface area (TPSA) is 32.7 Å². The molecule has 29 heavy (non-hydrogen) atoms. The number of rotatable bonds is 4. The standard InChI is InChI=1S/C23H20ClNO2S2/c1-27-18-12-16-14(11-17(18)26)8-9-25(23(16)20-7-4-10-28-20)13-21-22(24)15-5-2-3-6-19(15)29-21/h2-7,10-12,23,26H,8-9,13H2,1H3. The molecule has 0 saturated heterocycles. The van der Waals surface area contributed by atoms with Crippen molar-refractivity contribution in [2.24, 2.45) is 0 Å². The first kappa shape index (κ1) is 18.9. The third-order valence-corrected chi connectivity index (χ3v) is 8.15. The molecule has 5 rings (SSSR count). The van der Waals surface area contributed by atoms with Crippen LogP contribution in [-0.4, -0.2) is 23.7 Å². The van der Waals surface area contributed by atoms with Gasteiger partial charge in [0.15, 0.2) is 11.5 Å². The second kappa shape index (κ2) is 7.65. The van der Waals surface area contributed by atoms with E-state index in [2.05, 4.69) is 40.6 Å². The molecule has 2 aromatic heterocycles. The van der Waals surface area contributed by atoms with Crippen molar-refractivity contribution in [3.8, 4) is 11.5 Å². The fourth-order valence-corrected chi connectivity index (χ4v) is 6.55. The Morgan fingerprint density at radius 3 is 2.83 bits per heavy atom. The normalized spacial score (nSPS) is 16.8. The molecule has 3 nitrogen and oxygen atoms in total.